The zero-order valence-electron chi connectivity index (χ0n) is 15.1. The number of nitrogens with zero attached hydrogens (tertiary/aromatic N) is 1. The molecule has 0 heterocycles. The highest BCUT2D eigenvalue weighted by Crippen LogP contribution is 2.27. The summed E-state index contributed by atoms with van der Waals surface area (Å²) >= 11 is 6.04. The van der Waals surface area contributed by atoms with E-state index in [1.54, 1.807) is 37.3 Å². The number of rotatable bonds is 6. The zero-order chi connectivity index (χ0) is 20.0. The number of ether oxygens (including phenoxy) is 2. The van der Waals surface area contributed by atoms with E-state index in [-0.39, 0.29) is 42.2 Å². The maximum absolute atomic E-state index is 12.4. The highest BCUT2D eigenvalue weighted by molar-refractivity contribution is 14.0. The van der Waals surface area contributed by atoms with Gasteiger partial charge in [-0.2, -0.15) is 13.2 Å². The number of nitrogens with two attached hydrogens (primary N) is 1. The molecule has 0 fully saturated rings. The van der Waals surface area contributed by atoms with E-state index in [1.807, 2.05) is 0 Å². The molecule has 0 unspecified atom stereocenters. The minimum atomic E-state index is -4.42. The van der Waals surface area contributed by atoms with Gasteiger partial charge in [0.15, 0.2) is 12.6 Å². The largest absolute Gasteiger partial charge is 0.495 e. The summed E-state index contributed by atoms with van der Waals surface area (Å²) in [6, 6.07) is 9.94. The zero-order valence-corrected chi connectivity index (χ0v) is 18.2. The fraction of sp³-hybridized carbons (Fsp3) is 0.278. The van der Waals surface area contributed by atoms with Crippen molar-refractivity contribution >= 4 is 47.2 Å². The van der Waals surface area contributed by atoms with E-state index in [0.717, 1.165) is 5.56 Å². The molecule has 0 aliphatic heterocycles. The van der Waals surface area contributed by atoms with Crippen LogP contribution in [-0.4, -0.2) is 25.9 Å². The molecule has 3 N–H and O–H groups in total. The summed E-state index contributed by atoms with van der Waals surface area (Å²) in [5.74, 6) is 0.721. The molecule has 2 aromatic rings. The Balaban J connectivity index is 0.00000392. The van der Waals surface area contributed by atoms with Crippen LogP contribution >= 0.6 is 35.6 Å². The van der Waals surface area contributed by atoms with E-state index in [1.165, 1.54) is 13.2 Å². The van der Waals surface area contributed by atoms with Crippen LogP contribution in [0.3, 0.4) is 0 Å². The molecule has 0 atom stereocenters. The van der Waals surface area contributed by atoms with Crippen molar-refractivity contribution in [3.05, 3.63) is 52.5 Å². The standard InChI is InChI=1S/C18H19ClF3N3O2.HI/c1-11-3-4-12(16(7-11)27-10-18(20,21)22)9-24-17(23)25-13-5-6-15(26-2)14(19)8-13;/h3-8H,9-10H2,1-2H3,(H3,23,24,25);1H. The number of methoxy groups -OCH3 is 1. The Kier molecular flexibility index (Phi) is 9.15. The third-order valence-electron chi connectivity index (χ3n) is 3.46. The van der Waals surface area contributed by atoms with Gasteiger partial charge in [0, 0.05) is 11.3 Å². The second-order valence-electron chi connectivity index (χ2n) is 5.69. The second-order valence-corrected chi connectivity index (χ2v) is 6.10. The number of hydrogen-bond acceptors (Lipinski definition) is 3. The molecule has 28 heavy (non-hydrogen) atoms. The number of aliphatic imine (C=N–C) groups is 1. The van der Waals surface area contributed by atoms with Gasteiger partial charge < -0.3 is 20.5 Å². The number of halogens is 5. The van der Waals surface area contributed by atoms with Crippen LogP contribution in [0.25, 0.3) is 0 Å². The molecule has 154 valence electrons. The van der Waals surface area contributed by atoms with Gasteiger partial charge in [0.25, 0.3) is 0 Å². The molecule has 5 nitrogen and oxygen atoms in total. The van der Waals surface area contributed by atoms with Crippen molar-refractivity contribution in [1.82, 2.24) is 0 Å². The number of guanidine groups is 1. The molecule has 2 aromatic carbocycles. The first-order chi connectivity index (χ1) is 12.7. The van der Waals surface area contributed by atoms with Crippen molar-refractivity contribution in [2.45, 2.75) is 19.6 Å². The Hall–Kier alpha value is -1.88. The van der Waals surface area contributed by atoms with Crippen LogP contribution in [0.15, 0.2) is 41.4 Å². The third kappa shape index (κ3) is 7.63. The normalized spacial score (nSPS) is 11.6. The number of nitrogens with one attached hydrogen (secondary N) is 1. The first-order valence-electron chi connectivity index (χ1n) is 7.87. The summed E-state index contributed by atoms with van der Waals surface area (Å²) in [5.41, 5.74) is 7.70. The summed E-state index contributed by atoms with van der Waals surface area (Å²) in [6.07, 6.45) is -4.42. The van der Waals surface area contributed by atoms with Crippen molar-refractivity contribution in [2.75, 3.05) is 19.0 Å². The Labute approximate surface area is 183 Å². The highest BCUT2D eigenvalue weighted by Gasteiger charge is 2.28. The molecule has 2 rings (SSSR count). The smallest absolute Gasteiger partial charge is 0.422 e. The lowest BCUT2D eigenvalue weighted by Crippen LogP contribution is -2.23. The predicted molar refractivity (Wildman–Crippen MR) is 115 cm³/mol. The van der Waals surface area contributed by atoms with Crippen molar-refractivity contribution < 1.29 is 22.6 Å². The number of alkyl halides is 3. The molecule has 0 aromatic heterocycles. The molecule has 0 saturated carbocycles. The molecule has 0 amide bonds. The Morgan fingerprint density at radius 2 is 1.89 bits per heavy atom. The highest BCUT2D eigenvalue weighted by atomic mass is 127. The van der Waals surface area contributed by atoms with Crippen molar-refractivity contribution in [3.63, 3.8) is 0 Å². The lowest BCUT2D eigenvalue weighted by Gasteiger charge is -2.13. The van der Waals surface area contributed by atoms with Crippen molar-refractivity contribution in [2.24, 2.45) is 10.7 Å². The van der Waals surface area contributed by atoms with Crippen LogP contribution in [0.2, 0.25) is 5.02 Å². The summed E-state index contributed by atoms with van der Waals surface area (Å²) in [7, 11) is 1.50. The average Bonchev–Trinajstić information content (AvgIpc) is 2.58. The Morgan fingerprint density at radius 1 is 1.18 bits per heavy atom. The van der Waals surface area contributed by atoms with E-state index in [2.05, 4.69) is 10.3 Å². The van der Waals surface area contributed by atoms with Crippen LogP contribution < -0.4 is 20.5 Å². The molecule has 0 spiro atoms. The van der Waals surface area contributed by atoms with E-state index in [4.69, 9.17) is 26.8 Å². The van der Waals surface area contributed by atoms with Crippen LogP contribution in [0, 0.1) is 6.92 Å². The predicted octanol–water partition coefficient (Wildman–Crippen LogP) is 5.14. The minimum Gasteiger partial charge on any atom is -0.495 e. The Morgan fingerprint density at radius 3 is 2.50 bits per heavy atom. The van der Waals surface area contributed by atoms with Gasteiger partial charge in [-0.15, -0.1) is 24.0 Å². The van der Waals surface area contributed by atoms with Gasteiger partial charge in [0.2, 0.25) is 0 Å². The topological polar surface area (TPSA) is 68.9 Å². The van der Waals surface area contributed by atoms with Gasteiger partial charge in [-0.3, -0.25) is 0 Å². The first kappa shape index (κ1) is 24.2. The monoisotopic (exact) mass is 529 g/mol. The summed E-state index contributed by atoms with van der Waals surface area (Å²) in [4.78, 5) is 4.14. The van der Waals surface area contributed by atoms with E-state index < -0.39 is 12.8 Å². The van der Waals surface area contributed by atoms with Crippen LogP contribution in [0.4, 0.5) is 18.9 Å². The van der Waals surface area contributed by atoms with Crippen LogP contribution in [-0.2, 0) is 6.54 Å². The van der Waals surface area contributed by atoms with Crippen molar-refractivity contribution in [1.29, 1.82) is 0 Å². The molecule has 10 heteroatoms. The maximum Gasteiger partial charge on any atom is 0.422 e. The number of hydrogen-bond donors (Lipinski definition) is 2. The SMILES string of the molecule is COc1ccc(NC(N)=NCc2ccc(C)cc2OCC(F)(F)F)cc1Cl.I. The van der Waals surface area contributed by atoms with Gasteiger partial charge >= 0.3 is 6.18 Å². The number of aryl methyl sites for hydroxylation is 1. The summed E-state index contributed by atoms with van der Waals surface area (Å²) < 4.78 is 47.2. The van der Waals surface area contributed by atoms with Gasteiger partial charge in [-0.25, -0.2) is 4.99 Å². The van der Waals surface area contributed by atoms with Crippen LogP contribution in [0.1, 0.15) is 11.1 Å². The van der Waals surface area contributed by atoms with Gasteiger partial charge in [-0.1, -0.05) is 23.7 Å². The molecule has 0 aliphatic carbocycles. The number of benzene rings is 2. The first-order valence-corrected chi connectivity index (χ1v) is 8.25. The molecular formula is C18H20ClF3IN3O2. The van der Waals surface area contributed by atoms with E-state index >= 15 is 0 Å². The quantitative estimate of drug-likeness (QED) is 0.309. The van der Waals surface area contributed by atoms with Gasteiger partial charge in [-0.05, 0) is 36.8 Å². The average molecular weight is 530 g/mol. The maximum atomic E-state index is 12.4. The molecule has 0 aliphatic rings. The number of anilines is 1. The van der Waals surface area contributed by atoms with E-state index in [9.17, 15) is 13.2 Å². The Bertz CT molecular complexity index is 832. The summed E-state index contributed by atoms with van der Waals surface area (Å²) in [6.45, 7) is 0.443. The third-order valence-corrected chi connectivity index (χ3v) is 3.75. The van der Waals surface area contributed by atoms with E-state index in [0.29, 0.717) is 22.0 Å². The fourth-order valence-electron chi connectivity index (χ4n) is 2.19. The molecular weight excluding hydrogens is 510 g/mol. The summed E-state index contributed by atoms with van der Waals surface area (Å²) in [5, 5.41) is 3.26. The van der Waals surface area contributed by atoms with Gasteiger partial charge in [0.1, 0.15) is 11.5 Å². The lowest BCUT2D eigenvalue weighted by atomic mass is 10.1. The molecule has 0 saturated heterocycles. The fourth-order valence-corrected chi connectivity index (χ4v) is 2.45. The second kappa shape index (κ2) is 10.6. The minimum absolute atomic E-state index is 0. The van der Waals surface area contributed by atoms with Crippen molar-refractivity contribution in [3.8, 4) is 11.5 Å². The molecule has 0 radical (unpaired) electrons. The van der Waals surface area contributed by atoms with Crippen LogP contribution in [0.5, 0.6) is 11.5 Å². The molecule has 0 bridgehead atoms. The lowest BCUT2D eigenvalue weighted by molar-refractivity contribution is -0.153. The van der Waals surface area contributed by atoms with Gasteiger partial charge in [0.05, 0.1) is 18.7 Å².